The van der Waals surface area contributed by atoms with Crippen LogP contribution < -0.4 is 5.32 Å². The molecular weight excluding hydrogens is 202 g/mol. The van der Waals surface area contributed by atoms with Gasteiger partial charge in [-0.15, -0.1) is 0 Å². The van der Waals surface area contributed by atoms with Crippen LogP contribution in [0.15, 0.2) is 0 Å². The summed E-state index contributed by atoms with van der Waals surface area (Å²) in [7, 11) is 0. The van der Waals surface area contributed by atoms with Gasteiger partial charge in [-0.3, -0.25) is 0 Å². The van der Waals surface area contributed by atoms with Crippen molar-refractivity contribution in [2.75, 3.05) is 12.3 Å². The molecule has 0 aromatic rings. The van der Waals surface area contributed by atoms with Gasteiger partial charge in [-0.1, -0.05) is 34.1 Å². The number of nitrogens with one attached hydrogen (secondary N) is 1. The quantitative estimate of drug-likeness (QED) is 0.772. The maximum atomic E-state index is 3.68. The summed E-state index contributed by atoms with van der Waals surface area (Å²) in [6, 6.07) is 0.645. The molecule has 90 valence electrons. The van der Waals surface area contributed by atoms with Gasteiger partial charge in [0.15, 0.2) is 0 Å². The second-order valence-corrected chi connectivity index (χ2v) is 8.22. The SMILES string of the molecule is CC(CSC(C)(C)C)NCC1(C)CCC1. The lowest BCUT2D eigenvalue weighted by Gasteiger charge is -2.39. The number of thioether (sulfide) groups is 1. The lowest BCUT2D eigenvalue weighted by molar-refractivity contribution is 0.153. The molecule has 15 heavy (non-hydrogen) atoms. The largest absolute Gasteiger partial charge is 0.313 e. The molecule has 0 amide bonds. The van der Waals surface area contributed by atoms with Gasteiger partial charge in [-0.2, -0.15) is 11.8 Å². The van der Waals surface area contributed by atoms with Crippen LogP contribution in [0.5, 0.6) is 0 Å². The fourth-order valence-electron chi connectivity index (χ4n) is 1.81. The summed E-state index contributed by atoms with van der Waals surface area (Å²) in [5, 5.41) is 3.68. The fraction of sp³-hybridized carbons (Fsp3) is 1.00. The van der Waals surface area contributed by atoms with Gasteiger partial charge >= 0.3 is 0 Å². The first kappa shape index (κ1) is 13.4. The Hall–Kier alpha value is 0.310. The Balaban J connectivity index is 2.10. The first-order chi connectivity index (χ1) is 6.81. The topological polar surface area (TPSA) is 12.0 Å². The molecule has 0 aromatic heterocycles. The smallest absolute Gasteiger partial charge is 0.0130 e. The van der Waals surface area contributed by atoms with E-state index in [0.717, 1.165) is 0 Å². The molecule has 2 heteroatoms. The van der Waals surface area contributed by atoms with Crippen LogP contribution >= 0.6 is 11.8 Å². The van der Waals surface area contributed by atoms with Crippen molar-refractivity contribution < 1.29 is 0 Å². The molecule has 1 saturated carbocycles. The van der Waals surface area contributed by atoms with Crippen LogP contribution in [0, 0.1) is 5.41 Å². The van der Waals surface area contributed by atoms with Gasteiger partial charge in [0.2, 0.25) is 0 Å². The molecule has 1 aliphatic carbocycles. The molecule has 0 bridgehead atoms. The first-order valence-electron chi connectivity index (χ1n) is 6.18. The molecule has 0 aliphatic heterocycles. The third-order valence-electron chi connectivity index (χ3n) is 3.20. The average molecular weight is 229 g/mol. The second kappa shape index (κ2) is 5.09. The molecular formula is C13H27NS. The van der Waals surface area contributed by atoms with E-state index >= 15 is 0 Å². The summed E-state index contributed by atoms with van der Waals surface area (Å²) in [5.74, 6) is 1.22. The van der Waals surface area contributed by atoms with E-state index in [0.29, 0.717) is 16.2 Å². The zero-order valence-electron chi connectivity index (χ0n) is 11.0. The summed E-state index contributed by atoms with van der Waals surface area (Å²) in [4.78, 5) is 0. The van der Waals surface area contributed by atoms with Crippen molar-refractivity contribution in [3.8, 4) is 0 Å². The number of hydrogen-bond acceptors (Lipinski definition) is 2. The van der Waals surface area contributed by atoms with Gasteiger partial charge in [0.05, 0.1) is 0 Å². The van der Waals surface area contributed by atoms with E-state index in [-0.39, 0.29) is 0 Å². The molecule has 1 aliphatic rings. The molecule has 0 aromatic carbocycles. The predicted octanol–water partition coefficient (Wildman–Crippen LogP) is 3.69. The van der Waals surface area contributed by atoms with Gasteiger partial charge in [0.1, 0.15) is 0 Å². The van der Waals surface area contributed by atoms with E-state index < -0.39 is 0 Å². The molecule has 1 nitrogen and oxygen atoms in total. The highest BCUT2D eigenvalue weighted by Gasteiger charge is 2.31. The molecule has 1 atom stereocenters. The Morgan fingerprint density at radius 1 is 1.33 bits per heavy atom. The van der Waals surface area contributed by atoms with Crippen molar-refractivity contribution in [3.63, 3.8) is 0 Å². The third-order valence-corrected chi connectivity index (χ3v) is 4.74. The summed E-state index contributed by atoms with van der Waals surface area (Å²) < 4.78 is 0.399. The maximum Gasteiger partial charge on any atom is 0.0130 e. The molecule has 1 fully saturated rings. The number of rotatable bonds is 5. The molecule has 1 N–H and O–H groups in total. The van der Waals surface area contributed by atoms with Crippen molar-refractivity contribution in [3.05, 3.63) is 0 Å². The van der Waals surface area contributed by atoms with Crippen molar-refractivity contribution in [2.24, 2.45) is 5.41 Å². The molecule has 0 radical (unpaired) electrons. The molecule has 0 heterocycles. The number of hydrogen-bond donors (Lipinski definition) is 1. The van der Waals surface area contributed by atoms with E-state index in [1.807, 2.05) is 0 Å². The second-order valence-electron chi connectivity index (χ2n) is 6.37. The van der Waals surface area contributed by atoms with Gasteiger partial charge < -0.3 is 5.32 Å². The summed E-state index contributed by atoms with van der Waals surface area (Å²) in [5.41, 5.74) is 0.612. The van der Waals surface area contributed by atoms with Crippen LogP contribution in [0.3, 0.4) is 0 Å². The van der Waals surface area contributed by atoms with E-state index in [2.05, 4.69) is 51.7 Å². The average Bonchev–Trinajstić information content (AvgIpc) is 2.07. The van der Waals surface area contributed by atoms with Crippen molar-refractivity contribution in [2.45, 2.75) is 64.7 Å². The molecule has 0 saturated heterocycles. The Labute approximate surface area is 99.8 Å². The van der Waals surface area contributed by atoms with Crippen LogP contribution in [0.4, 0.5) is 0 Å². The van der Waals surface area contributed by atoms with Gasteiger partial charge in [-0.25, -0.2) is 0 Å². The minimum absolute atomic E-state index is 0.399. The lowest BCUT2D eigenvalue weighted by Crippen LogP contribution is -2.42. The van der Waals surface area contributed by atoms with Gasteiger partial charge in [0, 0.05) is 23.1 Å². The van der Waals surface area contributed by atoms with Crippen LogP contribution in [0.2, 0.25) is 0 Å². The fourth-order valence-corrected chi connectivity index (χ4v) is 2.68. The molecule has 0 spiro atoms. The Kier molecular flexibility index (Phi) is 4.54. The Morgan fingerprint density at radius 3 is 2.33 bits per heavy atom. The van der Waals surface area contributed by atoms with Crippen molar-refractivity contribution in [1.82, 2.24) is 5.32 Å². The van der Waals surface area contributed by atoms with Crippen molar-refractivity contribution in [1.29, 1.82) is 0 Å². The summed E-state index contributed by atoms with van der Waals surface area (Å²) in [6.45, 7) is 12.8. The minimum Gasteiger partial charge on any atom is -0.313 e. The van der Waals surface area contributed by atoms with Gasteiger partial charge in [-0.05, 0) is 25.2 Å². The maximum absolute atomic E-state index is 3.68. The van der Waals surface area contributed by atoms with E-state index in [9.17, 15) is 0 Å². The Morgan fingerprint density at radius 2 is 1.93 bits per heavy atom. The highest BCUT2D eigenvalue weighted by atomic mass is 32.2. The van der Waals surface area contributed by atoms with Crippen LogP contribution in [-0.4, -0.2) is 23.1 Å². The minimum atomic E-state index is 0.399. The zero-order valence-corrected chi connectivity index (χ0v) is 11.8. The molecule has 1 unspecified atom stereocenters. The standard InChI is InChI=1S/C13H27NS/c1-11(9-15-12(2,3)4)14-10-13(5)7-6-8-13/h11,14H,6-10H2,1-5H3. The lowest BCUT2D eigenvalue weighted by atomic mass is 9.70. The highest BCUT2D eigenvalue weighted by molar-refractivity contribution is 8.00. The molecule has 1 rings (SSSR count). The van der Waals surface area contributed by atoms with E-state index in [4.69, 9.17) is 0 Å². The van der Waals surface area contributed by atoms with Crippen LogP contribution in [-0.2, 0) is 0 Å². The predicted molar refractivity (Wildman–Crippen MR) is 71.6 cm³/mol. The first-order valence-corrected chi connectivity index (χ1v) is 7.17. The zero-order chi connectivity index (χ0) is 11.5. The normalized spacial score (nSPS) is 22.2. The monoisotopic (exact) mass is 229 g/mol. The summed E-state index contributed by atoms with van der Waals surface area (Å²) in [6.07, 6.45) is 4.27. The third kappa shape index (κ3) is 5.26. The summed E-state index contributed by atoms with van der Waals surface area (Å²) >= 11 is 2.06. The Bertz CT molecular complexity index is 191. The van der Waals surface area contributed by atoms with E-state index in [1.165, 1.54) is 31.6 Å². The van der Waals surface area contributed by atoms with Gasteiger partial charge in [0.25, 0.3) is 0 Å². The van der Waals surface area contributed by atoms with E-state index in [1.54, 1.807) is 0 Å². The van der Waals surface area contributed by atoms with Crippen molar-refractivity contribution >= 4 is 11.8 Å². The van der Waals surface area contributed by atoms with Crippen LogP contribution in [0.25, 0.3) is 0 Å². The highest BCUT2D eigenvalue weighted by Crippen LogP contribution is 2.39. The van der Waals surface area contributed by atoms with Crippen LogP contribution in [0.1, 0.15) is 53.9 Å².